The number of aromatic nitrogens is 1. The van der Waals surface area contributed by atoms with Crippen LogP contribution in [0.25, 0.3) is 21.7 Å². The summed E-state index contributed by atoms with van der Waals surface area (Å²) >= 11 is 0. The van der Waals surface area contributed by atoms with Gasteiger partial charge >= 0.3 is 0 Å². The molecule has 0 atom stereocenters. The van der Waals surface area contributed by atoms with Crippen molar-refractivity contribution in [3.8, 4) is 11.3 Å². The molecule has 0 saturated carbocycles. The molecule has 0 aliphatic carbocycles. The maximum atomic E-state index is 8.21. The quantitative estimate of drug-likeness (QED) is 0.454. The van der Waals surface area contributed by atoms with E-state index in [-0.39, 0.29) is 6.54 Å². The van der Waals surface area contributed by atoms with Crippen molar-refractivity contribution in [2.75, 3.05) is 0 Å². The van der Waals surface area contributed by atoms with Crippen molar-refractivity contribution in [2.45, 2.75) is 19.9 Å². The molecule has 2 rings (SSSR count). The number of aryl methyl sites for hydroxylation is 1. The third kappa shape index (κ3) is 2.65. The average Bonchev–Trinajstić information content (AvgIpc) is 2.85. The van der Waals surface area contributed by atoms with Crippen LogP contribution >= 0.6 is 0 Å². The van der Waals surface area contributed by atoms with Crippen LogP contribution < -0.4 is 0 Å². The molecule has 0 unspecified atom stereocenters. The van der Waals surface area contributed by atoms with Crippen molar-refractivity contribution in [2.24, 2.45) is 5.11 Å². The molecule has 0 aliphatic rings. The summed E-state index contributed by atoms with van der Waals surface area (Å²) in [4.78, 5) is 2.67. The van der Waals surface area contributed by atoms with Crippen LogP contribution in [0, 0.1) is 0 Å². The first-order valence-corrected chi connectivity index (χ1v) is 5.39. The maximum absolute atomic E-state index is 8.21. The molecular weight excluding hydrogens is 216 g/mol. The lowest BCUT2D eigenvalue weighted by Crippen LogP contribution is -1.80. The molecule has 0 aliphatic heterocycles. The Hall–Kier alpha value is -2.26. The molecule has 0 N–H and O–H groups in total. The Morgan fingerprint density at radius 3 is 2.76 bits per heavy atom. The highest BCUT2D eigenvalue weighted by atomic mass is 16.5. The SMILES string of the molecule is CCc1ccc(-c2cc(CN=[N+]=[N-])on2)cc1. The monoisotopic (exact) mass is 228 g/mol. The molecule has 0 saturated heterocycles. The zero-order valence-electron chi connectivity index (χ0n) is 9.50. The average molecular weight is 228 g/mol. The number of nitrogens with zero attached hydrogens (tertiary/aromatic N) is 4. The second kappa shape index (κ2) is 5.18. The van der Waals surface area contributed by atoms with E-state index in [4.69, 9.17) is 10.1 Å². The molecule has 0 amide bonds. The van der Waals surface area contributed by atoms with Gasteiger partial charge in [-0.2, -0.15) is 0 Å². The van der Waals surface area contributed by atoms with Crippen LogP contribution in [0.15, 0.2) is 40.0 Å². The first-order valence-electron chi connectivity index (χ1n) is 5.39. The Morgan fingerprint density at radius 2 is 2.12 bits per heavy atom. The van der Waals surface area contributed by atoms with Crippen molar-refractivity contribution in [3.63, 3.8) is 0 Å². The van der Waals surface area contributed by atoms with Gasteiger partial charge in [0.05, 0.1) is 6.54 Å². The van der Waals surface area contributed by atoms with Crippen LogP contribution in [0.3, 0.4) is 0 Å². The second-order valence-electron chi connectivity index (χ2n) is 3.62. The van der Waals surface area contributed by atoms with E-state index < -0.39 is 0 Å². The van der Waals surface area contributed by atoms with Crippen LogP contribution in [-0.4, -0.2) is 5.16 Å². The lowest BCUT2D eigenvalue weighted by Gasteiger charge is -1.97. The number of benzene rings is 1. The highest BCUT2D eigenvalue weighted by Gasteiger charge is 2.05. The molecule has 0 radical (unpaired) electrons. The lowest BCUT2D eigenvalue weighted by molar-refractivity contribution is 0.387. The van der Waals surface area contributed by atoms with E-state index in [1.54, 1.807) is 6.07 Å². The summed E-state index contributed by atoms with van der Waals surface area (Å²) in [5, 5.41) is 7.36. The fourth-order valence-electron chi connectivity index (χ4n) is 1.54. The zero-order valence-corrected chi connectivity index (χ0v) is 9.50. The van der Waals surface area contributed by atoms with Gasteiger partial charge in [-0.25, -0.2) is 0 Å². The van der Waals surface area contributed by atoms with Crippen LogP contribution in [0.5, 0.6) is 0 Å². The Kier molecular flexibility index (Phi) is 3.43. The van der Waals surface area contributed by atoms with Crippen molar-refractivity contribution in [1.82, 2.24) is 5.16 Å². The molecule has 0 fully saturated rings. The fraction of sp³-hybridized carbons (Fsp3) is 0.250. The van der Waals surface area contributed by atoms with E-state index in [1.807, 2.05) is 12.1 Å². The number of rotatable bonds is 4. The van der Waals surface area contributed by atoms with Gasteiger partial charge in [0.2, 0.25) is 0 Å². The van der Waals surface area contributed by atoms with E-state index in [2.05, 4.69) is 34.2 Å². The van der Waals surface area contributed by atoms with Crippen LogP contribution in [-0.2, 0) is 13.0 Å². The molecule has 86 valence electrons. The van der Waals surface area contributed by atoms with E-state index in [1.165, 1.54) is 5.56 Å². The normalized spacial score (nSPS) is 9.94. The van der Waals surface area contributed by atoms with E-state index >= 15 is 0 Å². The van der Waals surface area contributed by atoms with Gasteiger partial charge in [0.25, 0.3) is 0 Å². The van der Waals surface area contributed by atoms with E-state index in [9.17, 15) is 0 Å². The molecule has 2 aromatic rings. The van der Waals surface area contributed by atoms with Gasteiger partial charge in [-0.05, 0) is 17.5 Å². The van der Waals surface area contributed by atoms with Gasteiger partial charge in [0.1, 0.15) is 11.5 Å². The predicted molar refractivity (Wildman–Crippen MR) is 64.2 cm³/mol. The summed E-state index contributed by atoms with van der Waals surface area (Å²) in [7, 11) is 0. The standard InChI is InChI=1S/C12H12N4O/c1-2-9-3-5-10(6-4-9)12-7-11(17-15-12)8-14-16-13/h3-7H,2,8H2,1H3. The molecule has 0 spiro atoms. The van der Waals surface area contributed by atoms with E-state index in [0.29, 0.717) is 5.76 Å². The zero-order chi connectivity index (χ0) is 12.1. The molecular formula is C12H12N4O. The third-order valence-corrected chi connectivity index (χ3v) is 2.51. The topological polar surface area (TPSA) is 74.8 Å². The van der Waals surface area contributed by atoms with Crippen LogP contribution in [0.2, 0.25) is 0 Å². The predicted octanol–water partition coefficient (Wildman–Crippen LogP) is 3.71. The Bertz CT molecular complexity index is 538. The molecule has 1 heterocycles. The van der Waals surface area contributed by atoms with Gasteiger partial charge in [-0.15, -0.1) is 0 Å². The summed E-state index contributed by atoms with van der Waals surface area (Å²) in [6.45, 7) is 2.31. The Morgan fingerprint density at radius 1 is 1.35 bits per heavy atom. The molecule has 0 bridgehead atoms. The van der Waals surface area contributed by atoms with Gasteiger partial charge in [0.15, 0.2) is 0 Å². The minimum absolute atomic E-state index is 0.191. The molecule has 1 aromatic carbocycles. The van der Waals surface area contributed by atoms with Gasteiger partial charge in [0, 0.05) is 16.5 Å². The maximum Gasteiger partial charge on any atom is 0.143 e. The van der Waals surface area contributed by atoms with Crippen LogP contribution in [0.4, 0.5) is 0 Å². The number of hydrogen-bond acceptors (Lipinski definition) is 3. The van der Waals surface area contributed by atoms with Crippen molar-refractivity contribution >= 4 is 0 Å². The summed E-state index contributed by atoms with van der Waals surface area (Å²) in [5.41, 5.74) is 11.2. The van der Waals surface area contributed by atoms with Gasteiger partial charge in [-0.3, -0.25) is 0 Å². The smallest absolute Gasteiger partial charge is 0.143 e. The van der Waals surface area contributed by atoms with Crippen molar-refractivity contribution in [3.05, 3.63) is 52.1 Å². The second-order valence-corrected chi connectivity index (χ2v) is 3.62. The summed E-state index contributed by atoms with van der Waals surface area (Å²) in [6.07, 6.45) is 1.02. The minimum Gasteiger partial charge on any atom is -0.361 e. The van der Waals surface area contributed by atoms with Crippen molar-refractivity contribution in [1.29, 1.82) is 0 Å². The van der Waals surface area contributed by atoms with Crippen LogP contribution in [0.1, 0.15) is 18.2 Å². The highest BCUT2D eigenvalue weighted by Crippen LogP contribution is 2.20. The molecule has 5 heteroatoms. The lowest BCUT2D eigenvalue weighted by atomic mass is 10.1. The summed E-state index contributed by atoms with van der Waals surface area (Å²) in [6, 6.07) is 9.94. The highest BCUT2D eigenvalue weighted by molar-refractivity contribution is 5.59. The van der Waals surface area contributed by atoms with Gasteiger partial charge in [-0.1, -0.05) is 41.5 Å². The third-order valence-electron chi connectivity index (χ3n) is 2.51. The first-order chi connectivity index (χ1) is 8.33. The molecule has 17 heavy (non-hydrogen) atoms. The number of hydrogen-bond donors (Lipinski definition) is 0. The Labute approximate surface area is 98.7 Å². The fourth-order valence-corrected chi connectivity index (χ4v) is 1.54. The summed E-state index contributed by atoms with van der Waals surface area (Å²) < 4.78 is 5.06. The molecule has 5 nitrogen and oxygen atoms in total. The Balaban J connectivity index is 2.20. The largest absolute Gasteiger partial charge is 0.361 e. The van der Waals surface area contributed by atoms with E-state index in [0.717, 1.165) is 17.7 Å². The van der Waals surface area contributed by atoms with Crippen molar-refractivity contribution < 1.29 is 4.52 Å². The molecule has 1 aromatic heterocycles. The minimum atomic E-state index is 0.191. The number of azide groups is 1. The van der Waals surface area contributed by atoms with Gasteiger partial charge < -0.3 is 4.52 Å². The first kappa shape index (κ1) is 11.2. The summed E-state index contributed by atoms with van der Waals surface area (Å²) in [5.74, 6) is 0.567.